The Labute approximate surface area is 234 Å². The number of aromatic nitrogens is 1. The Morgan fingerprint density at radius 2 is 1.77 bits per heavy atom. The number of anilines is 1. The summed E-state index contributed by atoms with van der Waals surface area (Å²) in [7, 11) is 0. The van der Waals surface area contributed by atoms with Crippen molar-refractivity contribution in [1.29, 1.82) is 0 Å². The van der Waals surface area contributed by atoms with Crippen LogP contribution in [0.2, 0.25) is 0 Å². The highest BCUT2D eigenvalue weighted by molar-refractivity contribution is 5.78. The van der Waals surface area contributed by atoms with E-state index >= 15 is 0 Å². The molecule has 3 aliphatic rings. The third-order valence-corrected chi connectivity index (χ3v) is 7.40. The van der Waals surface area contributed by atoms with Crippen molar-refractivity contribution in [1.82, 2.24) is 9.88 Å². The number of ether oxygens (including phenoxy) is 3. The fourth-order valence-corrected chi connectivity index (χ4v) is 5.22. The van der Waals surface area contributed by atoms with Crippen LogP contribution in [0, 0.1) is 11.7 Å². The van der Waals surface area contributed by atoms with Crippen LogP contribution in [0.4, 0.5) is 10.2 Å². The number of fused-ring (bicyclic) bond motifs is 1. The largest absolute Gasteiger partial charge is 0.486 e. The maximum absolute atomic E-state index is 12.9. The molecule has 0 bridgehead atoms. The van der Waals surface area contributed by atoms with Gasteiger partial charge in [0, 0.05) is 19.2 Å². The highest BCUT2D eigenvalue weighted by atomic mass is 19.1. The number of carbonyl (C=O) groups is 1. The molecular weight excluding hydrogens is 511 g/mol. The number of aryl methyl sites for hydroxylation is 1. The molecule has 212 valence electrons. The van der Waals surface area contributed by atoms with Gasteiger partial charge in [-0.1, -0.05) is 12.1 Å². The van der Waals surface area contributed by atoms with Gasteiger partial charge in [0.05, 0.1) is 5.92 Å². The first-order valence-electron chi connectivity index (χ1n) is 14.1. The first-order chi connectivity index (χ1) is 19.5. The summed E-state index contributed by atoms with van der Waals surface area (Å²) in [6.07, 6.45) is 5.86. The molecule has 0 spiro atoms. The summed E-state index contributed by atoms with van der Waals surface area (Å²) in [5.41, 5.74) is 6.70. The monoisotopic (exact) mass is 548 g/mol. The Morgan fingerprint density at radius 1 is 1.00 bits per heavy atom. The summed E-state index contributed by atoms with van der Waals surface area (Å²) < 4.78 is 29.6. The van der Waals surface area contributed by atoms with Crippen molar-refractivity contribution in [3.05, 3.63) is 72.0 Å². The van der Waals surface area contributed by atoms with Crippen LogP contribution < -0.4 is 24.8 Å². The van der Waals surface area contributed by atoms with Crippen molar-refractivity contribution < 1.29 is 23.4 Å². The van der Waals surface area contributed by atoms with Gasteiger partial charge < -0.3 is 29.7 Å². The molecule has 2 aromatic carbocycles. The summed E-state index contributed by atoms with van der Waals surface area (Å²) in [5, 5.41) is 0. The average molecular weight is 549 g/mol. The first kappa shape index (κ1) is 27.7. The van der Waals surface area contributed by atoms with E-state index in [-0.39, 0.29) is 17.6 Å². The smallest absolute Gasteiger partial charge is 0.222 e. The Hall–Kier alpha value is -3.85. The number of carbonyl (C=O) groups excluding carboxylic acids is 1. The third-order valence-electron chi connectivity index (χ3n) is 7.40. The summed E-state index contributed by atoms with van der Waals surface area (Å²) in [4.78, 5) is 20.2. The number of hydrogen-bond donors (Lipinski definition) is 1. The number of primary amides is 1. The van der Waals surface area contributed by atoms with Gasteiger partial charge in [0.2, 0.25) is 11.8 Å². The summed E-state index contributed by atoms with van der Waals surface area (Å²) in [6.45, 7) is 6.46. The molecule has 0 radical (unpaired) electrons. The summed E-state index contributed by atoms with van der Waals surface area (Å²) in [5.74, 6) is 2.76. The fourth-order valence-electron chi connectivity index (χ4n) is 5.22. The zero-order chi connectivity index (χ0) is 27.7. The van der Waals surface area contributed by atoms with E-state index in [1.807, 2.05) is 23.1 Å². The van der Waals surface area contributed by atoms with Crippen LogP contribution in [0.5, 0.6) is 23.1 Å². The minimum Gasteiger partial charge on any atom is -0.486 e. The number of benzene rings is 2. The number of pyridine rings is 1. The van der Waals surface area contributed by atoms with Crippen LogP contribution in [-0.2, 0) is 11.2 Å². The molecule has 1 aromatic heterocycles. The van der Waals surface area contributed by atoms with Gasteiger partial charge in [-0.25, -0.2) is 4.39 Å². The molecule has 2 saturated heterocycles. The van der Waals surface area contributed by atoms with Crippen molar-refractivity contribution in [3.63, 3.8) is 0 Å². The Balaban J connectivity index is 0.000000164. The molecule has 4 heterocycles. The molecule has 0 aliphatic carbocycles. The SMILES string of the molecule is NC(=O)C1CCN(c2cccc(Oc3ccc(F)cc3)n2)C1.c1cc2c(cc1CCCN1CCCC1)OCCO2. The highest BCUT2D eigenvalue weighted by Gasteiger charge is 2.27. The number of nitrogens with two attached hydrogens (primary N) is 1. The standard InChI is InChI=1S/C16H16FN3O2.C15H21NO2/c17-12-4-6-13(7-5-12)22-15-3-1-2-14(19-15)20-9-8-11(10-20)16(18)21;1-2-8-16(7-1)9-3-4-13-5-6-14-15(12-13)18-11-10-17-14/h1-7,11H,8-10H2,(H2,18,21);5-6,12H,1-4,7-11H2. The van der Waals surface area contributed by atoms with Crippen LogP contribution >= 0.6 is 0 Å². The van der Waals surface area contributed by atoms with Crippen molar-refractivity contribution in [2.75, 3.05) is 50.8 Å². The predicted octanol–water partition coefficient (Wildman–Crippen LogP) is 4.81. The van der Waals surface area contributed by atoms with Crippen LogP contribution in [-0.4, -0.2) is 61.7 Å². The van der Waals surface area contributed by atoms with E-state index in [2.05, 4.69) is 22.0 Å². The van der Waals surface area contributed by atoms with Gasteiger partial charge in [0.15, 0.2) is 11.5 Å². The van der Waals surface area contributed by atoms with Crippen LogP contribution in [0.3, 0.4) is 0 Å². The Morgan fingerprint density at radius 3 is 2.52 bits per heavy atom. The van der Waals surface area contributed by atoms with E-state index in [9.17, 15) is 9.18 Å². The normalized spacial score (nSPS) is 18.2. The highest BCUT2D eigenvalue weighted by Crippen LogP contribution is 2.31. The lowest BCUT2D eigenvalue weighted by Gasteiger charge is -2.19. The van der Waals surface area contributed by atoms with Gasteiger partial charge in [-0.3, -0.25) is 4.79 Å². The summed E-state index contributed by atoms with van der Waals surface area (Å²) in [6, 6.07) is 17.5. The topological polar surface area (TPSA) is 90.2 Å². The van der Waals surface area contributed by atoms with E-state index in [1.54, 1.807) is 18.2 Å². The van der Waals surface area contributed by atoms with Gasteiger partial charge in [0.1, 0.15) is 30.6 Å². The maximum atomic E-state index is 12.9. The minimum atomic E-state index is -0.316. The average Bonchev–Trinajstić information content (AvgIpc) is 3.68. The molecule has 9 heteroatoms. The first-order valence-corrected chi connectivity index (χ1v) is 14.1. The summed E-state index contributed by atoms with van der Waals surface area (Å²) >= 11 is 0. The molecule has 8 nitrogen and oxygen atoms in total. The molecule has 6 rings (SSSR count). The molecule has 2 fully saturated rings. The number of nitrogens with zero attached hydrogens (tertiary/aromatic N) is 3. The molecule has 3 aromatic rings. The second-order valence-electron chi connectivity index (χ2n) is 10.4. The van der Waals surface area contributed by atoms with Crippen molar-refractivity contribution >= 4 is 11.7 Å². The lowest BCUT2D eigenvalue weighted by atomic mass is 10.1. The minimum absolute atomic E-state index is 0.136. The number of rotatable bonds is 8. The van der Waals surface area contributed by atoms with Gasteiger partial charge in [-0.05, 0) is 99.8 Å². The number of halogens is 1. The molecule has 40 heavy (non-hydrogen) atoms. The molecule has 1 unspecified atom stereocenters. The molecule has 2 N–H and O–H groups in total. The second-order valence-corrected chi connectivity index (χ2v) is 10.4. The van der Waals surface area contributed by atoms with Crippen LogP contribution in [0.1, 0.15) is 31.2 Å². The van der Waals surface area contributed by atoms with Gasteiger partial charge >= 0.3 is 0 Å². The van der Waals surface area contributed by atoms with Crippen LogP contribution in [0.15, 0.2) is 60.7 Å². The molecular formula is C31H37FN4O4. The van der Waals surface area contributed by atoms with Gasteiger partial charge in [0.25, 0.3) is 0 Å². The van der Waals surface area contributed by atoms with Crippen molar-refractivity contribution in [2.24, 2.45) is 11.7 Å². The van der Waals surface area contributed by atoms with Gasteiger partial charge in [-0.15, -0.1) is 0 Å². The maximum Gasteiger partial charge on any atom is 0.222 e. The lowest BCUT2D eigenvalue weighted by Crippen LogP contribution is -2.27. The molecule has 3 aliphatic heterocycles. The van der Waals surface area contributed by atoms with Crippen LogP contribution in [0.25, 0.3) is 0 Å². The molecule has 1 atom stereocenters. The van der Waals surface area contributed by atoms with E-state index in [4.69, 9.17) is 19.9 Å². The lowest BCUT2D eigenvalue weighted by molar-refractivity contribution is -0.121. The zero-order valence-electron chi connectivity index (χ0n) is 22.8. The van der Waals surface area contributed by atoms with Crippen molar-refractivity contribution in [2.45, 2.75) is 32.1 Å². The fraction of sp³-hybridized carbons (Fsp3) is 0.419. The zero-order valence-corrected chi connectivity index (χ0v) is 22.8. The van der Waals surface area contributed by atoms with E-state index in [0.717, 1.165) is 36.7 Å². The van der Waals surface area contributed by atoms with E-state index < -0.39 is 0 Å². The number of likely N-dealkylation sites (tertiary alicyclic amines) is 1. The van der Waals surface area contributed by atoms with Gasteiger partial charge in [-0.2, -0.15) is 4.98 Å². The Bertz CT molecular complexity index is 1270. The van der Waals surface area contributed by atoms with E-state index in [0.29, 0.717) is 31.4 Å². The predicted molar refractivity (Wildman–Crippen MR) is 152 cm³/mol. The van der Waals surface area contributed by atoms with E-state index in [1.165, 1.54) is 56.6 Å². The Kier molecular flexibility index (Phi) is 9.34. The molecule has 1 amide bonds. The number of hydrogen-bond acceptors (Lipinski definition) is 7. The van der Waals surface area contributed by atoms with Crippen molar-refractivity contribution in [3.8, 4) is 23.1 Å². The quantitative estimate of drug-likeness (QED) is 0.432. The number of amides is 1. The molecule has 0 saturated carbocycles. The third kappa shape index (κ3) is 7.63. The second kappa shape index (κ2) is 13.5.